The second-order valence-corrected chi connectivity index (χ2v) is 7.81. The van der Waals surface area contributed by atoms with Crippen LogP contribution < -0.4 is 9.47 Å². The third-order valence-electron chi connectivity index (χ3n) is 5.39. The Kier molecular flexibility index (Phi) is 7.05. The van der Waals surface area contributed by atoms with Crippen molar-refractivity contribution >= 4 is 17.4 Å². The zero-order chi connectivity index (χ0) is 23.4. The van der Waals surface area contributed by atoms with Crippen LogP contribution in [0.1, 0.15) is 23.6 Å². The molecule has 170 valence electrons. The van der Waals surface area contributed by atoms with E-state index in [1.54, 1.807) is 30.3 Å². The number of aromatic hydroxyl groups is 1. The maximum atomic E-state index is 13.1. The summed E-state index contributed by atoms with van der Waals surface area (Å²) in [7, 11) is 6.81. The first-order valence-corrected chi connectivity index (χ1v) is 10.2. The lowest BCUT2D eigenvalue weighted by atomic mass is 9.94. The van der Waals surface area contributed by atoms with Gasteiger partial charge in [-0.2, -0.15) is 0 Å². The molecule has 2 N–H and O–H groups in total. The number of carbonyl (C=O) groups excluding carboxylic acids is 2. The summed E-state index contributed by atoms with van der Waals surface area (Å²) in [4.78, 5) is 29.5. The number of phenols is 1. The van der Waals surface area contributed by atoms with E-state index >= 15 is 0 Å². The number of ketones is 1. The topological polar surface area (TPSA) is 99.5 Å². The van der Waals surface area contributed by atoms with Crippen LogP contribution in [0.5, 0.6) is 17.2 Å². The van der Waals surface area contributed by atoms with Gasteiger partial charge in [-0.15, -0.1) is 0 Å². The standard InChI is InChI=1S/C24H28N2O6/c1-25(2)11-6-12-26-21(15-7-5-8-16(27)13-15)20(23(29)24(26)30)22(28)18-10-9-17(31-3)14-19(18)32-4/h5,7-10,13-14,21,27-28H,6,11-12H2,1-4H3/b22-20-. The lowest BCUT2D eigenvalue weighted by Crippen LogP contribution is -2.32. The number of aliphatic hydroxyl groups excluding tert-OH is 1. The third kappa shape index (κ3) is 4.55. The fraction of sp³-hybridized carbons (Fsp3) is 0.333. The number of hydrogen-bond donors (Lipinski definition) is 2. The first-order valence-electron chi connectivity index (χ1n) is 10.2. The Labute approximate surface area is 187 Å². The van der Waals surface area contributed by atoms with Gasteiger partial charge in [0, 0.05) is 12.6 Å². The summed E-state index contributed by atoms with van der Waals surface area (Å²) in [6.45, 7) is 1.04. The quantitative estimate of drug-likeness (QED) is 0.370. The monoisotopic (exact) mass is 440 g/mol. The zero-order valence-corrected chi connectivity index (χ0v) is 18.7. The van der Waals surface area contributed by atoms with Gasteiger partial charge < -0.3 is 29.5 Å². The summed E-state index contributed by atoms with van der Waals surface area (Å²) >= 11 is 0. The molecule has 0 bridgehead atoms. The molecule has 0 aromatic heterocycles. The minimum Gasteiger partial charge on any atom is -0.508 e. The van der Waals surface area contributed by atoms with Gasteiger partial charge in [0.15, 0.2) is 0 Å². The van der Waals surface area contributed by atoms with Crippen LogP contribution in [0.2, 0.25) is 0 Å². The van der Waals surface area contributed by atoms with Crippen LogP contribution in [-0.2, 0) is 9.59 Å². The van der Waals surface area contributed by atoms with Crippen molar-refractivity contribution in [2.24, 2.45) is 0 Å². The maximum absolute atomic E-state index is 13.1. The molecule has 0 spiro atoms. The highest BCUT2D eigenvalue weighted by atomic mass is 16.5. The van der Waals surface area contributed by atoms with Crippen LogP contribution in [0.25, 0.3) is 5.76 Å². The Bertz CT molecular complexity index is 1050. The molecule has 1 unspecified atom stereocenters. The highest BCUT2D eigenvalue weighted by Crippen LogP contribution is 2.42. The number of aliphatic hydroxyl groups is 1. The van der Waals surface area contributed by atoms with E-state index in [1.165, 1.54) is 31.3 Å². The number of Topliss-reactive ketones (excluding diaryl/α,β-unsaturated/α-hetero) is 1. The average Bonchev–Trinajstić information content (AvgIpc) is 3.03. The minimum atomic E-state index is -0.837. The summed E-state index contributed by atoms with van der Waals surface area (Å²) in [5.41, 5.74) is 0.752. The first kappa shape index (κ1) is 23.1. The summed E-state index contributed by atoms with van der Waals surface area (Å²) < 4.78 is 10.6. The Hall–Kier alpha value is -3.52. The number of benzene rings is 2. The number of rotatable bonds is 8. The smallest absolute Gasteiger partial charge is 0.295 e. The molecule has 1 saturated heterocycles. The number of likely N-dealkylation sites (tertiary alicyclic amines) is 1. The number of ether oxygens (including phenoxy) is 2. The molecule has 1 atom stereocenters. The van der Waals surface area contributed by atoms with Crippen molar-refractivity contribution < 1.29 is 29.3 Å². The highest BCUT2D eigenvalue weighted by Gasteiger charge is 2.46. The first-order chi connectivity index (χ1) is 15.3. The van der Waals surface area contributed by atoms with Crippen molar-refractivity contribution in [3.63, 3.8) is 0 Å². The van der Waals surface area contributed by atoms with E-state index < -0.39 is 17.7 Å². The third-order valence-corrected chi connectivity index (χ3v) is 5.39. The molecule has 32 heavy (non-hydrogen) atoms. The van der Waals surface area contributed by atoms with Gasteiger partial charge in [-0.05, 0) is 56.9 Å². The van der Waals surface area contributed by atoms with Crippen molar-refractivity contribution in [2.45, 2.75) is 12.5 Å². The van der Waals surface area contributed by atoms with Crippen molar-refractivity contribution in [2.75, 3.05) is 41.4 Å². The lowest BCUT2D eigenvalue weighted by molar-refractivity contribution is -0.139. The van der Waals surface area contributed by atoms with Gasteiger partial charge >= 0.3 is 0 Å². The summed E-state index contributed by atoms with van der Waals surface area (Å²) in [6, 6.07) is 10.3. The molecule has 1 fully saturated rings. The number of methoxy groups -OCH3 is 2. The second-order valence-electron chi connectivity index (χ2n) is 7.81. The van der Waals surface area contributed by atoms with E-state index in [0.717, 1.165) is 6.54 Å². The largest absolute Gasteiger partial charge is 0.508 e. The predicted molar refractivity (Wildman–Crippen MR) is 120 cm³/mol. The molecule has 8 nitrogen and oxygen atoms in total. The summed E-state index contributed by atoms with van der Waals surface area (Å²) in [5, 5.41) is 21.2. The van der Waals surface area contributed by atoms with Gasteiger partial charge in [-0.1, -0.05) is 12.1 Å². The molecule has 1 aliphatic heterocycles. The minimum absolute atomic E-state index is 0.00315. The van der Waals surface area contributed by atoms with Gasteiger partial charge in [0.05, 0.1) is 31.4 Å². The number of hydrogen-bond acceptors (Lipinski definition) is 7. The molecule has 0 saturated carbocycles. The van der Waals surface area contributed by atoms with Crippen LogP contribution >= 0.6 is 0 Å². The normalized spacial score (nSPS) is 17.8. The van der Waals surface area contributed by atoms with Crippen LogP contribution in [0.4, 0.5) is 0 Å². The fourth-order valence-electron chi connectivity index (χ4n) is 3.85. The number of amides is 1. The number of phenolic OH excluding ortho intramolecular Hbond substituents is 1. The van der Waals surface area contributed by atoms with E-state index in [1.807, 2.05) is 19.0 Å². The van der Waals surface area contributed by atoms with Crippen molar-refractivity contribution in [1.29, 1.82) is 0 Å². The van der Waals surface area contributed by atoms with Crippen LogP contribution in [0, 0.1) is 0 Å². The Morgan fingerprint density at radius 3 is 2.47 bits per heavy atom. The van der Waals surface area contributed by atoms with E-state index in [0.29, 0.717) is 30.0 Å². The molecule has 0 aliphatic carbocycles. The summed E-state index contributed by atoms with van der Waals surface area (Å²) in [5.74, 6) is -0.984. The molecule has 3 rings (SSSR count). The molecule has 1 aliphatic rings. The van der Waals surface area contributed by atoms with Gasteiger partial charge in [0.1, 0.15) is 23.0 Å². The maximum Gasteiger partial charge on any atom is 0.295 e. The fourth-order valence-corrected chi connectivity index (χ4v) is 3.85. The van der Waals surface area contributed by atoms with Gasteiger partial charge in [-0.25, -0.2) is 0 Å². The SMILES string of the molecule is COc1ccc(/C(O)=C2/C(=O)C(=O)N(CCCN(C)C)C2c2cccc(O)c2)c(OC)c1. The van der Waals surface area contributed by atoms with Gasteiger partial charge in [0.25, 0.3) is 11.7 Å². The zero-order valence-electron chi connectivity index (χ0n) is 18.7. The van der Waals surface area contributed by atoms with E-state index in [2.05, 4.69) is 0 Å². The van der Waals surface area contributed by atoms with Crippen LogP contribution in [0.3, 0.4) is 0 Å². The molecule has 1 amide bonds. The Morgan fingerprint density at radius 1 is 1.09 bits per heavy atom. The highest BCUT2D eigenvalue weighted by molar-refractivity contribution is 6.46. The van der Waals surface area contributed by atoms with Crippen molar-refractivity contribution in [3.8, 4) is 17.2 Å². The van der Waals surface area contributed by atoms with E-state index in [4.69, 9.17) is 9.47 Å². The van der Waals surface area contributed by atoms with Crippen LogP contribution in [-0.4, -0.2) is 73.1 Å². The number of nitrogens with zero attached hydrogens (tertiary/aromatic N) is 2. The molecule has 2 aromatic rings. The lowest BCUT2D eigenvalue weighted by Gasteiger charge is -2.26. The van der Waals surface area contributed by atoms with Crippen LogP contribution in [0.15, 0.2) is 48.0 Å². The predicted octanol–water partition coefficient (Wildman–Crippen LogP) is 2.78. The Morgan fingerprint density at radius 2 is 1.84 bits per heavy atom. The molecule has 8 heteroatoms. The van der Waals surface area contributed by atoms with Gasteiger partial charge in [-0.3, -0.25) is 9.59 Å². The van der Waals surface area contributed by atoms with Crippen molar-refractivity contribution in [3.05, 3.63) is 59.2 Å². The summed E-state index contributed by atoms with van der Waals surface area (Å²) in [6.07, 6.45) is 0.640. The Balaban J connectivity index is 2.15. The van der Waals surface area contributed by atoms with E-state index in [9.17, 15) is 19.8 Å². The second kappa shape index (κ2) is 9.74. The number of carbonyl (C=O) groups is 2. The van der Waals surface area contributed by atoms with Gasteiger partial charge in [0.2, 0.25) is 0 Å². The average molecular weight is 440 g/mol. The van der Waals surface area contributed by atoms with E-state index in [-0.39, 0.29) is 22.6 Å². The molecule has 0 radical (unpaired) electrons. The molecule has 1 heterocycles. The molecular formula is C24H28N2O6. The van der Waals surface area contributed by atoms with Crippen molar-refractivity contribution in [1.82, 2.24) is 9.80 Å². The molecular weight excluding hydrogens is 412 g/mol. The molecule has 2 aromatic carbocycles.